The number of aromatic nitrogens is 2. The number of nitrogens with zero attached hydrogens (tertiary/aromatic N) is 1. The zero-order valence-electron chi connectivity index (χ0n) is 7.71. The second kappa shape index (κ2) is 4.57. The third kappa shape index (κ3) is 2.89. The van der Waals surface area contributed by atoms with Crippen molar-refractivity contribution < 1.29 is 18.6 Å². The summed E-state index contributed by atoms with van der Waals surface area (Å²) >= 11 is 0. The van der Waals surface area contributed by atoms with Crippen molar-refractivity contribution in [1.82, 2.24) is 14.9 Å². The molecule has 0 aromatic carbocycles. The molecule has 86 valence electrons. The molecule has 0 saturated heterocycles. The summed E-state index contributed by atoms with van der Waals surface area (Å²) in [6, 6.07) is 0. The number of nitrogen functional groups attached to an aromatic ring is 1. The van der Waals surface area contributed by atoms with E-state index >= 15 is 0 Å². The van der Waals surface area contributed by atoms with Gasteiger partial charge in [-0.3, -0.25) is 5.10 Å². The molecule has 0 aliphatic rings. The summed E-state index contributed by atoms with van der Waals surface area (Å²) in [5, 5.41) is 23.2. The molecule has 9 heteroatoms. The Morgan fingerprint density at radius 3 is 2.80 bits per heavy atom. The Hall–Kier alpha value is -1.16. The van der Waals surface area contributed by atoms with Crippen LogP contribution in [-0.4, -0.2) is 48.1 Å². The molecule has 0 amide bonds. The van der Waals surface area contributed by atoms with Crippen LogP contribution in [0.2, 0.25) is 0 Å². The van der Waals surface area contributed by atoms with Crippen LogP contribution in [0.15, 0.2) is 11.1 Å². The van der Waals surface area contributed by atoms with Gasteiger partial charge in [-0.25, -0.2) is 13.1 Å². The number of anilines is 1. The van der Waals surface area contributed by atoms with Gasteiger partial charge < -0.3 is 15.9 Å². The summed E-state index contributed by atoms with van der Waals surface area (Å²) in [5.41, 5.74) is 5.32. The molecular weight excluding hydrogens is 224 g/mol. The lowest BCUT2D eigenvalue weighted by atomic mass is 10.4. The molecule has 6 N–H and O–H groups in total. The number of aromatic amines is 1. The highest BCUT2D eigenvalue weighted by Gasteiger charge is 2.19. The van der Waals surface area contributed by atoms with E-state index in [9.17, 15) is 8.42 Å². The van der Waals surface area contributed by atoms with Gasteiger partial charge in [-0.15, -0.1) is 0 Å². The second-order valence-corrected chi connectivity index (χ2v) is 4.57. The first-order chi connectivity index (χ1) is 6.97. The SMILES string of the molecule is Nc1[nH]ncc1S(=O)(=O)NCC(O)CO. The maximum Gasteiger partial charge on any atom is 0.245 e. The molecule has 1 aromatic rings. The van der Waals surface area contributed by atoms with Crippen molar-refractivity contribution >= 4 is 15.8 Å². The van der Waals surface area contributed by atoms with Crippen molar-refractivity contribution in [2.45, 2.75) is 11.0 Å². The topological polar surface area (TPSA) is 141 Å². The molecule has 0 saturated carbocycles. The van der Waals surface area contributed by atoms with Crippen LogP contribution in [0.4, 0.5) is 5.82 Å². The first-order valence-electron chi connectivity index (χ1n) is 4.05. The average Bonchev–Trinajstić information content (AvgIpc) is 2.61. The van der Waals surface area contributed by atoms with E-state index in [-0.39, 0.29) is 17.3 Å². The number of hydrogen-bond acceptors (Lipinski definition) is 6. The van der Waals surface area contributed by atoms with Gasteiger partial charge in [-0.2, -0.15) is 5.10 Å². The number of nitrogens with two attached hydrogens (primary N) is 1. The quantitative estimate of drug-likeness (QED) is 0.386. The largest absolute Gasteiger partial charge is 0.394 e. The molecule has 1 heterocycles. The summed E-state index contributed by atoms with van der Waals surface area (Å²) in [6.45, 7) is -0.813. The van der Waals surface area contributed by atoms with Gasteiger partial charge in [-0.05, 0) is 0 Å². The van der Waals surface area contributed by atoms with Gasteiger partial charge in [0.25, 0.3) is 0 Å². The van der Waals surface area contributed by atoms with Gasteiger partial charge in [0.1, 0.15) is 10.7 Å². The molecule has 1 atom stereocenters. The van der Waals surface area contributed by atoms with Crippen molar-refractivity contribution in [2.75, 3.05) is 18.9 Å². The number of aliphatic hydroxyl groups excluding tert-OH is 2. The predicted molar refractivity (Wildman–Crippen MR) is 51.3 cm³/mol. The van der Waals surface area contributed by atoms with Crippen LogP contribution in [0.3, 0.4) is 0 Å². The summed E-state index contributed by atoms with van der Waals surface area (Å²) in [7, 11) is -3.79. The molecular formula is C6H12N4O4S. The monoisotopic (exact) mass is 236 g/mol. The van der Waals surface area contributed by atoms with Crippen LogP contribution in [0, 0.1) is 0 Å². The van der Waals surface area contributed by atoms with E-state index in [1.54, 1.807) is 0 Å². The predicted octanol–water partition coefficient (Wildman–Crippen LogP) is -2.38. The van der Waals surface area contributed by atoms with Gasteiger partial charge >= 0.3 is 0 Å². The minimum Gasteiger partial charge on any atom is -0.394 e. The molecule has 0 aliphatic heterocycles. The fourth-order valence-electron chi connectivity index (χ4n) is 0.847. The van der Waals surface area contributed by atoms with Crippen molar-refractivity contribution in [3.05, 3.63) is 6.20 Å². The maximum absolute atomic E-state index is 11.5. The van der Waals surface area contributed by atoms with Crippen molar-refractivity contribution in [1.29, 1.82) is 0 Å². The second-order valence-electron chi connectivity index (χ2n) is 2.84. The molecule has 1 unspecified atom stereocenters. The Kier molecular flexibility index (Phi) is 3.63. The molecule has 8 nitrogen and oxygen atoms in total. The summed E-state index contributed by atoms with van der Waals surface area (Å²) in [4.78, 5) is -0.187. The number of hydrogen-bond donors (Lipinski definition) is 5. The van der Waals surface area contributed by atoms with E-state index in [0.717, 1.165) is 6.20 Å². The molecule has 0 spiro atoms. The van der Waals surface area contributed by atoms with Crippen molar-refractivity contribution in [3.8, 4) is 0 Å². The van der Waals surface area contributed by atoms with E-state index in [1.807, 2.05) is 0 Å². The van der Waals surface area contributed by atoms with Crippen LogP contribution in [0.25, 0.3) is 0 Å². The van der Waals surface area contributed by atoms with Crippen LogP contribution in [-0.2, 0) is 10.0 Å². The summed E-state index contributed by atoms with van der Waals surface area (Å²) < 4.78 is 25.1. The number of rotatable bonds is 5. The Morgan fingerprint density at radius 2 is 2.33 bits per heavy atom. The Bertz CT molecular complexity index is 415. The zero-order chi connectivity index (χ0) is 11.5. The number of sulfonamides is 1. The lowest BCUT2D eigenvalue weighted by molar-refractivity contribution is 0.0988. The third-order valence-electron chi connectivity index (χ3n) is 1.64. The minimum atomic E-state index is -3.79. The number of H-pyrrole nitrogens is 1. The van der Waals surface area contributed by atoms with E-state index < -0.39 is 22.7 Å². The van der Waals surface area contributed by atoms with E-state index in [1.165, 1.54) is 0 Å². The fourth-order valence-corrected chi connectivity index (χ4v) is 1.94. The normalized spacial score (nSPS) is 14.0. The highest BCUT2D eigenvalue weighted by molar-refractivity contribution is 7.89. The molecule has 0 aliphatic carbocycles. The number of nitrogens with one attached hydrogen (secondary N) is 2. The molecule has 15 heavy (non-hydrogen) atoms. The van der Waals surface area contributed by atoms with E-state index in [4.69, 9.17) is 15.9 Å². The molecule has 0 radical (unpaired) electrons. The van der Waals surface area contributed by atoms with Crippen LogP contribution < -0.4 is 10.5 Å². The fraction of sp³-hybridized carbons (Fsp3) is 0.500. The van der Waals surface area contributed by atoms with Gasteiger partial charge in [0.05, 0.1) is 18.9 Å². The molecule has 0 bridgehead atoms. The molecule has 0 fully saturated rings. The lowest BCUT2D eigenvalue weighted by Crippen LogP contribution is -2.34. The van der Waals surface area contributed by atoms with Gasteiger partial charge in [0.15, 0.2) is 0 Å². The zero-order valence-corrected chi connectivity index (χ0v) is 8.53. The van der Waals surface area contributed by atoms with Crippen LogP contribution in [0.5, 0.6) is 0 Å². The Morgan fingerprint density at radius 1 is 1.67 bits per heavy atom. The molecule has 1 aromatic heterocycles. The third-order valence-corrected chi connectivity index (χ3v) is 3.09. The van der Waals surface area contributed by atoms with Crippen molar-refractivity contribution in [3.63, 3.8) is 0 Å². The van der Waals surface area contributed by atoms with E-state index in [2.05, 4.69) is 14.9 Å². The smallest absolute Gasteiger partial charge is 0.245 e. The van der Waals surface area contributed by atoms with Gasteiger partial charge in [-0.1, -0.05) is 0 Å². The highest BCUT2D eigenvalue weighted by Crippen LogP contribution is 2.13. The first kappa shape index (κ1) is 11.9. The van der Waals surface area contributed by atoms with E-state index in [0.29, 0.717) is 0 Å². The van der Waals surface area contributed by atoms with Gasteiger partial charge in [0, 0.05) is 6.54 Å². The molecule has 1 rings (SSSR count). The average molecular weight is 236 g/mol. The summed E-state index contributed by atoms with van der Waals surface area (Å²) in [5.74, 6) is -0.0824. The maximum atomic E-state index is 11.5. The summed E-state index contributed by atoms with van der Waals surface area (Å²) in [6.07, 6.45) is -0.0869. The van der Waals surface area contributed by atoms with Crippen LogP contribution in [0.1, 0.15) is 0 Å². The number of aliphatic hydroxyl groups is 2. The lowest BCUT2D eigenvalue weighted by Gasteiger charge is -2.08. The Labute approximate surface area is 86.2 Å². The van der Waals surface area contributed by atoms with Crippen LogP contribution >= 0.6 is 0 Å². The Balaban J connectivity index is 2.73. The van der Waals surface area contributed by atoms with Gasteiger partial charge in [0.2, 0.25) is 10.0 Å². The highest BCUT2D eigenvalue weighted by atomic mass is 32.2. The standard InChI is InChI=1S/C6H12N4O4S/c7-6-5(2-8-10-6)15(13,14)9-1-4(12)3-11/h2,4,9,11-12H,1,3H2,(H3,7,8,10). The minimum absolute atomic E-state index is 0.0824. The van der Waals surface area contributed by atoms with Crippen molar-refractivity contribution in [2.24, 2.45) is 0 Å². The first-order valence-corrected chi connectivity index (χ1v) is 5.53.